The van der Waals surface area contributed by atoms with Gasteiger partial charge >= 0.3 is 0 Å². The number of benzene rings is 2. The van der Waals surface area contributed by atoms with Crippen LogP contribution in [0.3, 0.4) is 0 Å². The topological polar surface area (TPSA) is 46.5 Å². The van der Waals surface area contributed by atoms with E-state index in [1.807, 2.05) is 36.4 Å². The smallest absolute Gasteiger partial charge is 0.165 e. The van der Waals surface area contributed by atoms with E-state index in [0.717, 1.165) is 49.0 Å². The largest absolute Gasteiger partial charge is 0.508 e. The standard InChI is InChI=1S/C26H28O3/c1-26-12-11-22-21-10-6-19(27)14-17(21)5-9-23(22)24(26)15-18(25(26)28)13-16-3-7-20(29-2)8-4-16/h3-4,6-8,10,13-14,22-24,27H,5,9,11-12,15H2,1-2H3/b18-13+/t22-,23+,24+,26+/m0/s1. The SMILES string of the molecule is COc1ccc(/C=C2\C[C@@H]3[C@@H]4CCc5cc(O)ccc5[C@@H]4CC[C@@]3(C)C2=O)cc1. The third kappa shape index (κ3) is 2.90. The molecule has 0 aromatic heterocycles. The molecule has 0 bridgehead atoms. The Kier molecular flexibility index (Phi) is 4.31. The quantitative estimate of drug-likeness (QED) is 0.689. The zero-order chi connectivity index (χ0) is 20.2. The highest BCUT2D eigenvalue weighted by Crippen LogP contribution is 2.60. The van der Waals surface area contributed by atoms with Gasteiger partial charge < -0.3 is 9.84 Å². The van der Waals surface area contributed by atoms with Gasteiger partial charge in [0.25, 0.3) is 0 Å². The molecule has 3 heteroatoms. The van der Waals surface area contributed by atoms with Gasteiger partial charge in [-0.3, -0.25) is 4.79 Å². The molecular weight excluding hydrogens is 360 g/mol. The van der Waals surface area contributed by atoms with Gasteiger partial charge in [-0.25, -0.2) is 0 Å². The molecule has 3 nitrogen and oxygen atoms in total. The van der Waals surface area contributed by atoms with Crippen molar-refractivity contribution in [3.63, 3.8) is 0 Å². The first-order valence-electron chi connectivity index (χ1n) is 10.7. The van der Waals surface area contributed by atoms with Crippen LogP contribution in [-0.4, -0.2) is 18.0 Å². The van der Waals surface area contributed by atoms with Crippen LogP contribution in [0.1, 0.15) is 55.2 Å². The molecule has 2 fully saturated rings. The molecule has 0 aliphatic heterocycles. The maximum Gasteiger partial charge on any atom is 0.165 e. The maximum atomic E-state index is 13.4. The normalized spacial score (nSPS) is 31.9. The van der Waals surface area contributed by atoms with Crippen LogP contribution in [0, 0.1) is 17.3 Å². The monoisotopic (exact) mass is 388 g/mol. The molecule has 4 atom stereocenters. The number of ether oxygens (including phenoxy) is 1. The van der Waals surface area contributed by atoms with Gasteiger partial charge in [-0.15, -0.1) is 0 Å². The minimum atomic E-state index is -0.228. The summed E-state index contributed by atoms with van der Waals surface area (Å²) in [7, 11) is 1.67. The highest BCUT2D eigenvalue weighted by atomic mass is 16.5. The van der Waals surface area contributed by atoms with E-state index in [0.29, 0.717) is 29.3 Å². The minimum Gasteiger partial charge on any atom is -0.508 e. The van der Waals surface area contributed by atoms with E-state index in [4.69, 9.17) is 4.74 Å². The number of fused-ring (bicyclic) bond motifs is 5. The average molecular weight is 389 g/mol. The fourth-order valence-electron chi connectivity index (χ4n) is 6.27. The molecule has 5 rings (SSSR count). The average Bonchev–Trinajstić information content (AvgIpc) is 2.99. The molecule has 2 saturated carbocycles. The number of carbonyl (C=O) groups excluding carboxylic acids is 1. The number of methoxy groups -OCH3 is 1. The van der Waals surface area contributed by atoms with Crippen LogP contribution < -0.4 is 4.74 Å². The molecule has 0 radical (unpaired) electrons. The third-order valence-electron chi connectivity index (χ3n) is 7.81. The summed E-state index contributed by atoms with van der Waals surface area (Å²) in [4.78, 5) is 13.4. The molecule has 0 unspecified atom stereocenters. The third-order valence-corrected chi connectivity index (χ3v) is 7.81. The zero-order valence-corrected chi connectivity index (χ0v) is 17.2. The first-order valence-corrected chi connectivity index (χ1v) is 10.7. The molecule has 29 heavy (non-hydrogen) atoms. The van der Waals surface area contributed by atoms with Gasteiger partial charge in [-0.1, -0.05) is 25.1 Å². The number of hydrogen-bond donors (Lipinski definition) is 1. The fraction of sp³-hybridized carbons (Fsp3) is 0.423. The Hall–Kier alpha value is -2.55. The first kappa shape index (κ1) is 18.5. The van der Waals surface area contributed by atoms with Crippen LogP contribution in [0.5, 0.6) is 11.5 Å². The van der Waals surface area contributed by atoms with Crippen LogP contribution in [-0.2, 0) is 11.2 Å². The van der Waals surface area contributed by atoms with Crippen molar-refractivity contribution in [2.24, 2.45) is 17.3 Å². The number of allylic oxidation sites excluding steroid dienone is 1. The van der Waals surface area contributed by atoms with E-state index < -0.39 is 0 Å². The lowest BCUT2D eigenvalue weighted by atomic mass is 9.55. The Morgan fingerprint density at radius 3 is 2.69 bits per heavy atom. The molecular formula is C26H28O3. The number of ketones is 1. The number of Topliss-reactive ketones (excluding diaryl/α,β-unsaturated/α-hetero) is 1. The second-order valence-corrected chi connectivity index (χ2v) is 9.23. The Morgan fingerprint density at radius 2 is 1.93 bits per heavy atom. The highest BCUT2D eigenvalue weighted by molar-refractivity contribution is 6.06. The lowest BCUT2D eigenvalue weighted by Crippen LogP contribution is -2.42. The lowest BCUT2D eigenvalue weighted by molar-refractivity contribution is -0.127. The number of phenolic OH excluding ortho intramolecular Hbond substituents is 1. The highest BCUT2D eigenvalue weighted by Gasteiger charge is 2.56. The Morgan fingerprint density at radius 1 is 1.14 bits per heavy atom. The second-order valence-electron chi connectivity index (χ2n) is 9.23. The Bertz CT molecular complexity index is 988. The second kappa shape index (κ2) is 6.76. The zero-order valence-electron chi connectivity index (χ0n) is 17.2. The van der Waals surface area contributed by atoms with Crippen molar-refractivity contribution in [1.82, 2.24) is 0 Å². The fourth-order valence-corrected chi connectivity index (χ4v) is 6.27. The molecule has 150 valence electrons. The minimum absolute atomic E-state index is 0.228. The Labute approximate surface area is 172 Å². The van der Waals surface area contributed by atoms with Crippen molar-refractivity contribution in [1.29, 1.82) is 0 Å². The van der Waals surface area contributed by atoms with E-state index in [1.165, 1.54) is 11.1 Å². The van der Waals surface area contributed by atoms with Crippen molar-refractivity contribution < 1.29 is 14.6 Å². The van der Waals surface area contributed by atoms with Crippen molar-refractivity contribution in [3.05, 3.63) is 64.7 Å². The number of hydrogen-bond acceptors (Lipinski definition) is 3. The molecule has 2 aromatic rings. The van der Waals surface area contributed by atoms with E-state index in [2.05, 4.69) is 19.1 Å². The predicted octanol–water partition coefficient (Wildman–Crippen LogP) is 5.52. The van der Waals surface area contributed by atoms with Crippen molar-refractivity contribution >= 4 is 11.9 Å². The van der Waals surface area contributed by atoms with Gasteiger partial charge in [-0.2, -0.15) is 0 Å². The summed E-state index contributed by atoms with van der Waals surface area (Å²) in [5.41, 5.74) is 4.53. The number of rotatable bonds is 2. The molecule has 0 amide bonds. The van der Waals surface area contributed by atoms with Crippen LogP contribution >= 0.6 is 0 Å². The van der Waals surface area contributed by atoms with Crippen LogP contribution in [0.25, 0.3) is 6.08 Å². The Balaban J connectivity index is 1.46. The van der Waals surface area contributed by atoms with Crippen molar-refractivity contribution in [2.45, 2.75) is 44.9 Å². The number of aromatic hydroxyl groups is 1. The van der Waals surface area contributed by atoms with Gasteiger partial charge in [-0.05, 0) is 102 Å². The molecule has 2 aromatic carbocycles. The van der Waals surface area contributed by atoms with Gasteiger partial charge in [0.1, 0.15) is 11.5 Å². The molecule has 3 aliphatic rings. The van der Waals surface area contributed by atoms with Crippen molar-refractivity contribution in [3.8, 4) is 11.5 Å². The molecule has 0 heterocycles. The number of carbonyl (C=O) groups is 1. The van der Waals surface area contributed by atoms with Gasteiger partial charge in [0.15, 0.2) is 5.78 Å². The number of phenols is 1. The number of aryl methyl sites for hydroxylation is 1. The van der Waals surface area contributed by atoms with E-state index in [-0.39, 0.29) is 5.41 Å². The molecule has 1 N–H and O–H groups in total. The van der Waals surface area contributed by atoms with Crippen LogP contribution in [0.4, 0.5) is 0 Å². The van der Waals surface area contributed by atoms with Gasteiger partial charge in [0.2, 0.25) is 0 Å². The van der Waals surface area contributed by atoms with Gasteiger partial charge in [0.05, 0.1) is 7.11 Å². The predicted molar refractivity (Wildman–Crippen MR) is 114 cm³/mol. The van der Waals surface area contributed by atoms with Crippen molar-refractivity contribution in [2.75, 3.05) is 7.11 Å². The summed E-state index contributed by atoms with van der Waals surface area (Å²) in [6.45, 7) is 2.21. The van der Waals surface area contributed by atoms with E-state index in [1.54, 1.807) is 7.11 Å². The van der Waals surface area contributed by atoms with E-state index >= 15 is 0 Å². The van der Waals surface area contributed by atoms with Crippen LogP contribution in [0.15, 0.2) is 48.0 Å². The summed E-state index contributed by atoms with van der Waals surface area (Å²) in [5.74, 6) is 3.04. The lowest BCUT2D eigenvalue weighted by Gasteiger charge is -2.48. The van der Waals surface area contributed by atoms with E-state index in [9.17, 15) is 9.90 Å². The first-order chi connectivity index (χ1) is 14.0. The summed E-state index contributed by atoms with van der Waals surface area (Å²) >= 11 is 0. The summed E-state index contributed by atoms with van der Waals surface area (Å²) in [6.07, 6.45) is 7.12. The maximum absolute atomic E-state index is 13.4. The molecule has 3 aliphatic carbocycles. The van der Waals surface area contributed by atoms with Crippen LogP contribution in [0.2, 0.25) is 0 Å². The molecule has 0 saturated heterocycles. The summed E-state index contributed by atoms with van der Waals surface area (Å²) < 4.78 is 5.25. The molecule has 0 spiro atoms. The summed E-state index contributed by atoms with van der Waals surface area (Å²) in [6, 6.07) is 13.8. The van der Waals surface area contributed by atoms with Gasteiger partial charge in [0, 0.05) is 5.41 Å². The summed E-state index contributed by atoms with van der Waals surface area (Å²) in [5, 5.41) is 9.86.